The summed E-state index contributed by atoms with van der Waals surface area (Å²) in [5.74, 6) is -0.120. The van der Waals surface area contributed by atoms with Gasteiger partial charge in [-0.1, -0.05) is 18.2 Å². The van der Waals surface area contributed by atoms with E-state index in [1.54, 1.807) is 31.2 Å². The summed E-state index contributed by atoms with van der Waals surface area (Å²) in [5, 5.41) is 0. The van der Waals surface area contributed by atoms with Gasteiger partial charge in [0.15, 0.2) is 0 Å². The van der Waals surface area contributed by atoms with E-state index in [9.17, 15) is 8.78 Å². The first-order valence-corrected chi connectivity index (χ1v) is 5.97. The highest BCUT2D eigenvalue weighted by Gasteiger charge is 2.11. The topological polar surface area (TPSA) is 35.2 Å². The lowest BCUT2D eigenvalue weighted by atomic mass is 10.1. The Morgan fingerprint density at radius 3 is 2.53 bits per heavy atom. The second-order valence-corrected chi connectivity index (χ2v) is 4.35. The fourth-order valence-electron chi connectivity index (χ4n) is 1.76. The Bertz CT molecular complexity index is 572. The van der Waals surface area contributed by atoms with Gasteiger partial charge in [0.05, 0.1) is 6.04 Å². The SMILES string of the molecule is Cc1cc(OCC(N)c2ccccc2F)ccc1F. The zero-order chi connectivity index (χ0) is 13.8. The third kappa shape index (κ3) is 3.29. The first-order chi connectivity index (χ1) is 9.08. The van der Waals surface area contributed by atoms with Crippen molar-refractivity contribution >= 4 is 0 Å². The van der Waals surface area contributed by atoms with E-state index in [1.165, 1.54) is 18.2 Å². The van der Waals surface area contributed by atoms with Crippen LogP contribution in [0.1, 0.15) is 17.2 Å². The zero-order valence-corrected chi connectivity index (χ0v) is 10.6. The predicted octanol–water partition coefficient (Wildman–Crippen LogP) is 3.35. The van der Waals surface area contributed by atoms with Crippen molar-refractivity contribution in [3.05, 3.63) is 65.2 Å². The standard InChI is InChI=1S/C15H15F2NO/c1-10-8-11(6-7-13(10)16)19-9-15(18)12-4-2-3-5-14(12)17/h2-8,15H,9,18H2,1H3. The summed E-state index contributed by atoms with van der Waals surface area (Å²) in [6, 6.07) is 10.2. The van der Waals surface area contributed by atoms with Crippen molar-refractivity contribution in [3.63, 3.8) is 0 Å². The lowest BCUT2D eigenvalue weighted by Gasteiger charge is -2.14. The molecule has 0 aliphatic rings. The van der Waals surface area contributed by atoms with Gasteiger partial charge in [0.1, 0.15) is 24.0 Å². The minimum Gasteiger partial charge on any atom is -0.492 e. The molecule has 0 radical (unpaired) electrons. The molecule has 0 aromatic heterocycles. The number of halogens is 2. The first-order valence-electron chi connectivity index (χ1n) is 5.97. The molecule has 1 atom stereocenters. The third-order valence-electron chi connectivity index (χ3n) is 2.86. The van der Waals surface area contributed by atoms with E-state index in [0.717, 1.165) is 0 Å². The highest BCUT2D eigenvalue weighted by Crippen LogP contribution is 2.19. The van der Waals surface area contributed by atoms with Gasteiger partial charge in [-0.05, 0) is 36.8 Å². The van der Waals surface area contributed by atoms with Crippen molar-refractivity contribution in [3.8, 4) is 5.75 Å². The molecule has 4 heteroatoms. The molecule has 2 aromatic carbocycles. The molecule has 2 rings (SSSR count). The number of hydrogen-bond donors (Lipinski definition) is 1. The Morgan fingerprint density at radius 2 is 1.84 bits per heavy atom. The van der Waals surface area contributed by atoms with Crippen LogP contribution in [0.25, 0.3) is 0 Å². The van der Waals surface area contributed by atoms with Crippen molar-refractivity contribution in [2.45, 2.75) is 13.0 Å². The molecule has 0 spiro atoms. The fourth-order valence-corrected chi connectivity index (χ4v) is 1.76. The van der Waals surface area contributed by atoms with Crippen molar-refractivity contribution < 1.29 is 13.5 Å². The number of aryl methyl sites for hydroxylation is 1. The van der Waals surface area contributed by atoms with E-state index >= 15 is 0 Å². The van der Waals surface area contributed by atoms with Gasteiger partial charge in [-0.2, -0.15) is 0 Å². The van der Waals surface area contributed by atoms with Crippen LogP contribution in [0.2, 0.25) is 0 Å². The Labute approximate surface area is 110 Å². The summed E-state index contributed by atoms with van der Waals surface area (Å²) in [4.78, 5) is 0. The van der Waals surface area contributed by atoms with E-state index in [1.807, 2.05) is 0 Å². The van der Waals surface area contributed by atoms with E-state index in [4.69, 9.17) is 10.5 Å². The van der Waals surface area contributed by atoms with Crippen molar-refractivity contribution in [1.82, 2.24) is 0 Å². The van der Waals surface area contributed by atoms with E-state index < -0.39 is 6.04 Å². The highest BCUT2D eigenvalue weighted by molar-refractivity contribution is 5.29. The average Bonchev–Trinajstić information content (AvgIpc) is 2.40. The number of ether oxygens (including phenoxy) is 1. The van der Waals surface area contributed by atoms with Crippen LogP contribution in [0.15, 0.2) is 42.5 Å². The monoisotopic (exact) mass is 263 g/mol. The molecular weight excluding hydrogens is 248 g/mol. The Kier molecular flexibility index (Phi) is 4.12. The van der Waals surface area contributed by atoms with Gasteiger partial charge in [-0.3, -0.25) is 0 Å². The maximum absolute atomic E-state index is 13.5. The Balaban J connectivity index is 2.02. The Morgan fingerprint density at radius 1 is 1.11 bits per heavy atom. The molecule has 2 aromatic rings. The van der Waals surface area contributed by atoms with Crippen LogP contribution >= 0.6 is 0 Å². The van der Waals surface area contributed by atoms with Crippen LogP contribution in [0.3, 0.4) is 0 Å². The maximum atomic E-state index is 13.5. The molecule has 0 saturated heterocycles. The molecule has 0 aliphatic carbocycles. The second-order valence-electron chi connectivity index (χ2n) is 4.35. The first kappa shape index (κ1) is 13.5. The molecule has 1 unspecified atom stereocenters. The smallest absolute Gasteiger partial charge is 0.128 e. The summed E-state index contributed by atoms with van der Waals surface area (Å²) < 4.78 is 32.0. The summed E-state index contributed by atoms with van der Waals surface area (Å²) in [5.41, 5.74) is 6.77. The highest BCUT2D eigenvalue weighted by atomic mass is 19.1. The van der Waals surface area contributed by atoms with Gasteiger partial charge in [0.2, 0.25) is 0 Å². The molecular formula is C15H15F2NO. The largest absolute Gasteiger partial charge is 0.492 e. The van der Waals surface area contributed by atoms with Crippen LogP contribution < -0.4 is 10.5 Å². The number of nitrogens with two attached hydrogens (primary N) is 1. The van der Waals surface area contributed by atoms with Crippen molar-refractivity contribution in [1.29, 1.82) is 0 Å². The quantitative estimate of drug-likeness (QED) is 0.918. The minimum atomic E-state index is -0.563. The van der Waals surface area contributed by atoms with Crippen LogP contribution in [-0.4, -0.2) is 6.61 Å². The minimum absolute atomic E-state index is 0.131. The van der Waals surface area contributed by atoms with Crippen LogP contribution in [0.5, 0.6) is 5.75 Å². The van der Waals surface area contributed by atoms with Gasteiger partial charge in [0.25, 0.3) is 0 Å². The van der Waals surface area contributed by atoms with E-state index in [-0.39, 0.29) is 18.2 Å². The predicted molar refractivity (Wildman–Crippen MR) is 70.0 cm³/mol. The molecule has 0 amide bonds. The molecule has 0 aliphatic heterocycles. The molecule has 0 saturated carbocycles. The lowest BCUT2D eigenvalue weighted by molar-refractivity contribution is 0.287. The van der Waals surface area contributed by atoms with Gasteiger partial charge in [0, 0.05) is 5.56 Å². The molecule has 2 N–H and O–H groups in total. The van der Waals surface area contributed by atoms with Gasteiger partial charge in [-0.25, -0.2) is 8.78 Å². The van der Waals surface area contributed by atoms with Crippen molar-refractivity contribution in [2.24, 2.45) is 5.73 Å². The Hall–Kier alpha value is -1.94. The number of rotatable bonds is 4. The lowest BCUT2D eigenvalue weighted by Crippen LogP contribution is -2.20. The van der Waals surface area contributed by atoms with Gasteiger partial charge in [-0.15, -0.1) is 0 Å². The van der Waals surface area contributed by atoms with E-state index in [0.29, 0.717) is 16.9 Å². The normalized spacial score (nSPS) is 12.2. The van der Waals surface area contributed by atoms with E-state index in [2.05, 4.69) is 0 Å². The second kappa shape index (κ2) is 5.80. The van der Waals surface area contributed by atoms with Crippen LogP contribution in [0.4, 0.5) is 8.78 Å². The molecule has 0 fully saturated rings. The van der Waals surface area contributed by atoms with Crippen LogP contribution in [-0.2, 0) is 0 Å². The van der Waals surface area contributed by atoms with Gasteiger partial charge >= 0.3 is 0 Å². The maximum Gasteiger partial charge on any atom is 0.128 e. The summed E-state index contributed by atoms with van der Waals surface area (Å²) >= 11 is 0. The third-order valence-corrected chi connectivity index (χ3v) is 2.86. The van der Waals surface area contributed by atoms with Gasteiger partial charge < -0.3 is 10.5 Å². The fraction of sp³-hybridized carbons (Fsp3) is 0.200. The summed E-state index contributed by atoms with van der Waals surface area (Å²) in [6.45, 7) is 1.78. The number of hydrogen-bond acceptors (Lipinski definition) is 2. The zero-order valence-electron chi connectivity index (χ0n) is 10.6. The average molecular weight is 263 g/mol. The molecule has 2 nitrogen and oxygen atoms in total. The molecule has 19 heavy (non-hydrogen) atoms. The summed E-state index contributed by atoms with van der Waals surface area (Å²) in [6.07, 6.45) is 0. The molecule has 100 valence electrons. The molecule has 0 bridgehead atoms. The molecule has 0 heterocycles. The number of benzene rings is 2. The van der Waals surface area contributed by atoms with Crippen LogP contribution in [0, 0.1) is 18.6 Å². The van der Waals surface area contributed by atoms with Crippen molar-refractivity contribution in [2.75, 3.05) is 6.61 Å². The summed E-state index contributed by atoms with van der Waals surface area (Å²) in [7, 11) is 0.